The summed E-state index contributed by atoms with van der Waals surface area (Å²) >= 11 is 8.16. The van der Waals surface area contributed by atoms with Crippen molar-refractivity contribution in [2.24, 2.45) is 4.99 Å². The summed E-state index contributed by atoms with van der Waals surface area (Å²) in [4.78, 5) is 19.3. The number of amides is 1. The number of hydrogen-bond acceptors (Lipinski definition) is 5. The number of rotatable bonds is 9. The maximum atomic E-state index is 14.1. The zero-order valence-electron chi connectivity index (χ0n) is 21.5. The van der Waals surface area contributed by atoms with Gasteiger partial charge in [0.05, 0.1) is 17.2 Å². The van der Waals surface area contributed by atoms with E-state index in [9.17, 15) is 9.18 Å². The number of carbonyl (C=O) groups is 1. The first-order valence-corrected chi connectivity index (χ1v) is 14.1. The number of fused-ring (bicyclic) bond motifs is 1. The molecule has 4 aromatic rings. The number of benzene rings is 3. The number of thiophene rings is 1. The zero-order chi connectivity index (χ0) is 27.2. The molecule has 0 aliphatic heterocycles. The van der Waals surface area contributed by atoms with Crippen LogP contribution in [0.2, 0.25) is 5.02 Å². The Morgan fingerprint density at radius 1 is 1.08 bits per heavy atom. The van der Waals surface area contributed by atoms with Crippen LogP contribution in [0.5, 0.6) is 11.5 Å². The van der Waals surface area contributed by atoms with Gasteiger partial charge in [0.1, 0.15) is 17.4 Å². The van der Waals surface area contributed by atoms with Crippen molar-refractivity contribution >= 4 is 45.7 Å². The standard InChI is InChI=1S/C31H28ClFN2O3S/c1-2-37-26-17-20(16-24(32)29(26)38-19-21-10-6-8-14-25(21)33)18-34-31-28(23-13-7-9-15-27(23)39-31)30(36)35-22-11-4-3-5-12-22/h3-6,8,10-12,14,16-18H,2,7,9,13,15,19H2,1H3,(H,35,36). The number of aryl methyl sites for hydroxylation is 1. The van der Waals surface area contributed by atoms with Gasteiger partial charge >= 0.3 is 0 Å². The van der Waals surface area contributed by atoms with Gasteiger partial charge in [0.2, 0.25) is 0 Å². The van der Waals surface area contributed by atoms with E-state index in [1.165, 1.54) is 10.9 Å². The fourth-order valence-corrected chi connectivity index (χ4v) is 6.06. The molecule has 0 fully saturated rings. The van der Waals surface area contributed by atoms with Crippen molar-refractivity contribution in [3.05, 3.63) is 105 Å². The minimum absolute atomic E-state index is 0.0144. The number of nitrogens with zero attached hydrogens (tertiary/aromatic N) is 1. The molecule has 0 radical (unpaired) electrons. The molecule has 0 saturated heterocycles. The molecule has 1 aromatic heterocycles. The van der Waals surface area contributed by atoms with Crippen LogP contribution in [-0.4, -0.2) is 18.7 Å². The highest BCUT2D eigenvalue weighted by Crippen LogP contribution is 2.41. The molecule has 1 N–H and O–H groups in total. The van der Waals surface area contributed by atoms with Gasteiger partial charge < -0.3 is 14.8 Å². The lowest BCUT2D eigenvalue weighted by Gasteiger charge is -2.15. The largest absolute Gasteiger partial charge is 0.490 e. The van der Waals surface area contributed by atoms with Crippen molar-refractivity contribution in [3.8, 4) is 11.5 Å². The second-order valence-corrected chi connectivity index (χ2v) is 10.6. The van der Waals surface area contributed by atoms with Crippen LogP contribution in [0.1, 0.15) is 51.7 Å². The van der Waals surface area contributed by atoms with Gasteiger partial charge in [-0.25, -0.2) is 9.38 Å². The quantitative estimate of drug-likeness (QED) is 0.208. The Kier molecular flexibility index (Phi) is 8.59. The van der Waals surface area contributed by atoms with E-state index in [1.54, 1.807) is 47.9 Å². The molecule has 1 amide bonds. The number of aliphatic imine (C=N–C) groups is 1. The van der Waals surface area contributed by atoms with Gasteiger partial charge in [0.15, 0.2) is 11.5 Å². The van der Waals surface area contributed by atoms with Crippen molar-refractivity contribution in [2.75, 3.05) is 11.9 Å². The molecule has 0 unspecified atom stereocenters. The first-order valence-electron chi connectivity index (χ1n) is 12.9. The van der Waals surface area contributed by atoms with Crippen LogP contribution < -0.4 is 14.8 Å². The Bertz CT molecular complexity index is 1500. The van der Waals surface area contributed by atoms with E-state index >= 15 is 0 Å². The number of nitrogens with one attached hydrogen (secondary N) is 1. The van der Waals surface area contributed by atoms with E-state index in [-0.39, 0.29) is 18.3 Å². The number of ether oxygens (including phenoxy) is 2. The smallest absolute Gasteiger partial charge is 0.259 e. The van der Waals surface area contributed by atoms with Gasteiger partial charge in [-0.2, -0.15) is 0 Å². The van der Waals surface area contributed by atoms with Crippen LogP contribution in [0.15, 0.2) is 71.7 Å². The van der Waals surface area contributed by atoms with Crippen molar-refractivity contribution in [3.63, 3.8) is 0 Å². The summed E-state index contributed by atoms with van der Waals surface area (Å²) in [7, 11) is 0. The molecular formula is C31H28ClFN2O3S. The molecule has 3 aromatic carbocycles. The van der Waals surface area contributed by atoms with Gasteiger partial charge in [0.25, 0.3) is 5.91 Å². The number of para-hydroxylation sites is 1. The predicted molar refractivity (Wildman–Crippen MR) is 156 cm³/mol. The average molecular weight is 563 g/mol. The van der Waals surface area contributed by atoms with Crippen LogP contribution in [0.3, 0.4) is 0 Å². The SMILES string of the molecule is CCOc1cc(C=Nc2sc3c(c2C(=O)Nc2ccccc2)CCCC3)cc(Cl)c1OCc1ccccc1F. The lowest BCUT2D eigenvalue weighted by atomic mass is 9.95. The maximum Gasteiger partial charge on any atom is 0.259 e. The van der Waals surface area contributed by atoms with E-state index < -0.39 is 0 Å². The summed E-state index contributed by atoms with van der Waals surface area (Å²) in [5.41, 5.74) is 3.59. The molecule has 5 nitrogen and oxygen atoms in total. The van der Waals surface area contributed by atoms with Crippen LogP contribution in [0, 0.1) is 5.82 Å². The monoisotopic (exact) mass is 562 g/mol. The summed E-state index contributed by atoms with van der Waals surface area (Å²) in [5.74, 6) is 0.280. The van der Waals surface area contributed by atoms with Gasteiger partial charge in [-0.15, -0.1) is 11.3 Å². The maximum absolute atomic E-state index is 14.1. The van der Waals surface area contributed by atoms with E-state index in [0.717, 1.165) is 36.9 Å². The Hall–Kier alpha value is -3.68. The molecular weight excluding hydrogens is 535 g/mol. The predicted octanol–water partition coefficient (Wildman–Crippen LogP) is 8.40. The zero-order valence-corrected chi connectivity index (χ0v) is 23.1. The normalized spacial score (nSPS) is 12.8. The second kappa shape index (κ2) is 12.5. The molecule has 1 heterocycles. The lowest BCUT2D eigenvalue weighted by molar-refractivity contribution is 0.102. The molecule has 0 bridgehead atoms. The minimum atomic E-state index is -0.346. The summed E-state index contributed by atoms with van der Waals surface area (Å²) in [5, 5.41) is 4.01. The highest BCUT2D eigenvalue weighted by molar-refractivity contribution is 7.16. The highest BCUT2D eigenvalue weighted by atomic mass is 35.5. The molecule has 0 atom stereocenters. The van der Waals surface area contributed by atoms with Crippen LogP contribution >= 0.6 is 22.9 Å². The van der Waals surface area contributed by atoms with Crippen LogP contribution in [0.25, 0.3) is 0 Å². The van der Waals surface area contributed by atoms with E-state index in [1.807, 2.05) is 37.3 Å². The number of hydrogen-bond donors (Lipinski definition) is 1. The van der Waals surface area contributed by atoms with Gasteiger partial charge in [-0.1, -0.05) is 48.0 Å². The summed E-state index contributed by atoms with van der Waals surface area (Å²) in [6.45, 7) is 2.28. The topological polar surface area (TPSA) is 59.9 Å². The Labute approximate surface area is 236 Å². The van der Waals surface area contributed by atoms with Gasteiger partial charge in [0, 0.05) is 22.3 Å². The fraction of sp³-hybridized carbons (Fsp3) is 0.226. The van der Waals surface area contributed by atoms with Crippen molar-refractivity contribution < 1.29 is 18.7 Å². The average Bonchev–Trinajstić information content (AvgIpc) is 3.32. The molecule has 1 aliphatic rings. The Balaban J connectivity index is 1.43. The van der Waals surface area contributed by atoms with Crippen molar-refractivity contribution in [1.82, 2.24) is 0 Å². The second-order valence-electron chi connectivity index (χ2n) is 9.11. The third-order valence-corrected chi connectivity index (χ3v) is 7.88. The molecule has 8 heteroatoms. The third kappa shape index (κ3) is 6.32. The van der Waals surface area contributed by atoms with Gasteiger partial charge in [-0.05, 0) is 74.1 Å². The Morgan fingerprint density at radius 2 is 1.85 bits per heavy atom. The van der Waals surface area contributed by atoms with Crippen LogP contribution in [-0.2, 0) is 19.4 Å². The lowest BCUT2D eigenvalue weighted by Crippen LogP contribution is -2.14. The minimum Gasteiger partial charge on any atom is -0.490 e. The highest BCUT2D eigenvalue weighted by Gasteiger charge is 2.25. The third-order valence-electron chi connectivity index (χ3n) is 6.40. The molecule has 0 spiro atoms. The molecule has 1 aliphatic carbocycles. The van der Waals surface area contributed by atoms with E-state index in [4.69, 9.17) is 26.1 Å². The summed E-state index contributed by atoms with van der Waals surface area (Å²) in [6, 6.07) is 19.4. The van der Waals surface area contributed by atoms with Gasteiger partial charge in [-0.3, -0.25) is 4.79 Å². The van der Waals surface area contributed by atoms with Crippen molar-refractivity contribution in [2.45, 2.75) is 39.2 Å². The molecule has 39 heavy (non-hydrogen) atoms. The molecule has 0 saturated carbocycles. The van der Waals surface area contributed by atoms with E-state index in [0.29, 0.717) is 44.8 Å². The Morgan fingerprint density at radius 3 is 2.64 bits per heavy atom. The van der Waals surface area contributed by atoms with E-state index in [2.05, 4.69) is 5.32 Å². The number of carbonyl (C=O) groups excluding carboxylic acids is 1. The molecule has 200 valence electrons. The summed E-state index contributed by atoms with van der Waals surface area (Å²) in [6.07, 6.45) is 5.67. The first-order chi connectivity index (χ1) is 19.0. The van der Waals surface area contributed by atoms with Crippen LogP contribution in [0.4, 0.5) is 15.1 Å². The number of anilines is 1. The number of halogens is 2. The van der Waals surface area contributed by atoms with Crippen molar-refractivity contribution in [1.29, 1.82) is 0 Å². The summed E-state index contributed by atoms with van der Waals surface area (Å²) < 4.78 is 25.7. The first kappa shape index (κ1) is 26.9. The fourth-order valence-electron chi connectivity index (χ4n) is 4.56. The molecule has 5 rings (SSSR count).